The lowest BCUT2D eigenvalue weighted by molar-refractivity contribution is 0.856. The summed E-state index contributed by atoms with van der Waals surface area (Å²) >= 11 is 0. The molecule has 0 amide bonds. The van der Waals surface area contributed by atoms with Crippen LogP contribution in [0.5, 0.6) is 0 Å². The second kappa shape index (κ2) is 7.06. The molecule has 0 saturated heterocycles. The zero-order chi connectivity index (χ0) is 20.9. The molecule has 3 rings (SSSR count). The molecule has 146 valence electrons. The van der Waals surface area contributed by atoms with Crippen LogP contribution in [-0.4, -0.2) is 20.7 Å². The first-order valence-corrected chi connectivity index (χ1v) is 17.0. The largest absolute Gasteiger partial charge is 0.423 e. The highest BCUT2D eigenvalue weighted by atomic mass is 28.4. The van der Waals surface area contributed by atoms with Gasteiger partial charge in [0, 0.05) is 17.2 Å². The predicted octanol–water partition coefficient (Wildman–Crippen LogP) is 6.66. The van der Waals surface area contributed by atoms with Crippen molar-refractivity contribution in [3.05, 3.63) is 75.9 Å². The molecule has 0 fully saturated rings. The number of nitrogens with zero attached hydrogens (tertiary/aromatic N) is 2. The van der Waals surface area contributed by atoms with Crippen LogP contribution in [0.4, 0.5) is 0 Å². The number of nitriles is 1. The van der Waals surface area contributed by atoms with Gasteiger partial charge in [-0.2, -0.15) is 5.26 Å². The zero-order valence-corrected chi connectivity index (χ0v) is 20.5. The molecule has 0 saturated carbocycles. The fourth-order valence-electron chi connectivity index (χ4n) is 4.80. The van der Waals surface area contributed by atoms with Gasteiger partial charge in [0.05, 0.1) is 11.6 Å². The Balaban J connectivity index is 2.37. The summed E-state index contributed by atoms with van der Waals surface area (Å²) in [7, 11) is -3.37. The maximum Gasteiger partial charge on any atom is 0.138 e. The van der Waals surface area contributed by atoms with Crippen molar-refractivity contribution in [3.8, 4) is 6.07 Å². The van der Waals surface area contributed by atoms with Crippen molar-refractivity contribution in [3.63, 3.8) is 0 Å². The minimum Gasteiger partial charge on any atom is -0.423 e. The van der Waals surface area contributed by atoms with Crippen LogP contribution >= 0.6 is 0 Å². The molecule has 0 N–H and O–H groups in total. The number of hydrogen-bond acceptors (Lipinski definition) is 2. The van der Waals surface area contributed by atoms with E-state index >= 15 is 0 Å². The number of fused-ring (bicyclic) bond motifs is 1. The minimum atomic E-state index is -1.69. The average Bonchev–Trinajstić information content (AvgIpc) is 2.85. The molecule has 0 bridgehead atoms. The van der Waals surface area contributed by atoms with Crippen molar-refractivity contribution in [1.29, 1.82) is 5.26 Å². The van der Waals surface area contributed by atoms with Crippen LogP contribution in [0, 0.1) is 25.2 Å². The van der Waals surface area contributed by atoms with Gasteiger partial charge in [-0.1, -0.05) is 86.8 Å². The summed E-state index contributed by atoms with van der Waals surface area (Å²) in [5, 5.41) is 10.4. The molecule has 0 spiro atoms. The van der Waals surface area contributed by atoms with Gasteiger partial charge in [0.1, 0.15) is 16.5 Å². The van der Waals surface area contributed by atoms with E-state index in [1.54, 1.807) is 0 Å². The van der Waals surface area contributed by atoms with Gasteiger partial charge in [0.2, 0.25) is 0 Å². The third kappa shape index (κ3) is 3.61. The molecule has 0 heterocycles. The van der Waals surface area contributed by atoms with E-state index in [0.29, 0.717) is 0 Å². The quantitative estimate of drug-likeness (QED) is 0.533. The van der Waals surface area contributed by atoms with E-state index in [2.05, 4.69) is 106 Å². The zero-order valence-electron chi connectivity index (χ0n) is 18.5. The first kappa shape index (κ1) is 20.6. The Morgan fingerprint density at radius 2 is 1.46 bits per heavy atom. The van der Waals surface area contributed by atoms with Gasteiger partial charge in [-0.25, -0.2) is 0 Å². The molecule has 0 radical (unpaired) electrons. The van der Waals surface area contributed by atoms with E-state index in [1.165, 1.54) is 33.5 Å². The smallest absolute Gasteiger partial charge is 0.138 e. The summed E-state index contributed by atoms with van der Waals surface area (Å²) in [5.41, 5.74) is 8.41. The molecule has 2 aromatic carbocycles. The Morgan fingerprint density at radius 1 is 0.857 bits per heavy atom. The summed E-state index contributed by atoms with van der Waals surface area (Å²) in [4.78, 5) is 0. The first-order valence-electron chi connectivity index (χ1n) is 10.1. The Hall–Kier alpha value is -2.10. The highest BCUT2D eigenvalue weighted by molar-refractivity contribution is 6.91. The SMILES string of the molecule is Cc1cccc(C2C(C#N)=C(N([Si](C)(C)C)[Si](C)(C)C)c3cc(C)ccc32)c1. The van der Waals surface area contributed by atoms with Gasteiger partial charge in [-0.3, -0.25) is 0 Å². The van der Waals surface area contributed by atoms with Crippen molar-refractivity contribution in [2.24, 2.45) is 0 Å². The molecule has 2 nitrogen and oxygen atoms in total. The van der Waals surface area contributed by atoms with E-state index in [1.807, 2.05) is 0 Å². The Labute approximate surface area is 172 Å². The van der Waals surface area contributed by atoms with Gasteiger partial charge in [-0.05, 0) is 31.0 Å². The number of rotatable bonds is 4. The summed E-state index contributed by atoms with van der Waals surface area (Å²) in [5.74, 6) is 0.0331. The molecule has 1 aliphatic carbocycles. The lowest BCUT2D eigenvalue weighted by atomic mass is 9.88. The molecule has 0 aliphatic heterocycles. The molecule has 28 heavy (non-hydrogen) atoms. The second-order valence-electron chi connectivity index (χ2n) is 9.99. The normalized spacial score (nSPS) is 16.8. The summed E-state index contributed by atoms with van der Waals surface area (Å²) in [6.07, 6.45) is 0. The minimum absolute atomic E-state index is 0.0331. The summed E-state index contributed by atoms with van der Waals surface area (Å²) in [6.45, 7) is 18.7. The van der Waals surface area contributed by atoms with Crippen LogP contribution in [0.2, 0.25) is 39.3 Å². The fourth-order valence-corrected chi connectivity index (χ4v) is 14.7. The lowest BCUT2D eigenvalue weighted by Crippen LogP contribution is -2.57. The molecule has 1 unspecified atom stereocenters. The van der Waals surface area contributed by atoms with Crippen molar-refractivity contribution in [2.45, 2.75) is 59.0 Å². The molecule has 1 aliphatic rings. The average molecular weight is 405 g/mol. The highest BCUT2D eigenvalue weighted by Gasteiger charge is 2.43. The van der Waals surface area contributed by atoms with E-state index < -0.39 is 16.5 Å². The molecule has 2 aromatic rings. The van der Waals surface area contributed by atoms with Crippen molar-refractivity contribution >= 4 is 22.2 Å². The van der Waals surface area contributed by atoms with E-state index in [-0.39, 0.29) is 5.92 Å². The number of allylic oxidation sites excluding steroid dienone is 1. The maximum absolute atomic E-state index is 10.4. The molecule has 0 aromatic heterocycles. The van der Waals surface area contributed by atoms with Crippen molar-refractivity contribution in [1.82, 2.24) is 4.23 Å². The van der Waals surface area contributed by atoms with Crippen molar-refractivity contribution < 1.29 is 0 Å². The predicted molar refractivity (Wildman–Crippen MR) is 125 cm³/mol. The molecular formula is C24H32N2Si2. The van der Waals surface area contributed by atoms with Crippen LogP contribution in [0.25, 0.3) is 5.70 Å². The van der Waals surface area contributed by atoms with Crippen molar-refractivity contribution in [2.75, 3.05) is 0 Å². The monoisotopic (exact) mass is 404 g/mol. The highest BCUT2D eigenvalue weighted by Crippen LogP contribution is 2.49. The molecule has 4 heteroatoms. The number of hydrogen-bond donors (Lipinski definition) is 0. The van der Waals surface area contributed by atoms with Gasteiger partial charge >= 0.3 is 0 Å². The van der Waals surface area contributed by atoms with Crippen LogP contribution in [0.1, 0.15) is 33.7 Å². The molecule has 1 atom stereocenters. The second-order valence-corrected chi connectivity index (χ2v) is 20.0. The van der Waals surface area contributed by atoms with Gasteiger partial charge in [0.25, 0.3) is 0 Å². The summed E-state index contributed by atoms with van der Waals surface area (Å²) < 4.78 is 2.71. The molecular weight excluding hydrogens is 372 g/mol. The standard InChI is InChI=1S/C24H32N2Si2/c1-17-10-9-11-19(14-17)23-20-13-12-18(2)15-21(20)24(22(23)16-25)26(27(3,4)5)28(6,7)8/h9-15,23H,1-8H3. The number of benzene rings is 2. The Kier molecular flexibility index (Phi) is 5.20. The number of aryl methyl sites for hydroxylation is 2. The van der Waals surface area contributed by atoms with Crippen LogP contribution in [-0.2, 0) is 0 Å². The van der Waals surface area contributed by atoms with Crippen LogP contribution in [0.15, 0.2) is 48.0 Å². The summed E-state index contributed by atoms with van der Waals surface area (Å²) in [6, 6.07) is 18.0. The third-order valence-electron chi connectivity index (χ3n) is 5.38. The topological polar surface area (TPSA) is 27.0 Å². The van der Waals surface area contributed by atoms with E-state index in [0.717, 1.165) is 5.57 Å². The van der Waals surface area contributed by atoms with Gasteiger partial charge < -0.3 is 4.23 Å². The lowest BCUT2D eigenvalue weighted by Gasteiger charge is -2.47. The Bertz CT molecular complexity index is 971. The van der Waals surface area contributed by atoms with Crippen LogP contribution < -0.4 is 0 Å². The van der Waals surface area contributed by atoms with Crippen LogP contribution in [0.3, 0.4) is 0 Å². The maximum atomic E-state index is 10.4. The third-order valence-corrected chi connectivity index (χ3v) is 12.5. The van der Waals surface area contributed by atoms with E-state index in [9.17, 15) is 5.26 Å². The fraction of sp³-hybridized carbons (Fsp3) is 0.375. The van der Waals surface area contributed by atoms with E-state index in [4.69, 9.17) is 0 Å². The Morgan fingerprint density at radius 3 is 2.00 bits per heavy atom. The first-order chi connectivity index (χ1) is 12.9. The van der Waals surface area contributed by atoms with Gasteiger partial charge in [0.15, 0.2) is 0 Å². The van der Waals surface area contributed by atoms with Gasteiger partial charge in [-0.15, -0.1) is 0 Å².